The Labute approximate surface area is 180 Å². The first-order valence-electron chi connectivity index (χ1n) is 10.8. The average molecular weight is 418 g/mol. The van der Waals surface area contributed by atoms with Gasteiger partial charge in [-0.15, -0.1) is 0 Å². The van der Waals surface area contributed by atoms with Crippen LogP contribution in [-0.4, -0.2) is 40.4 Å². The zero-order chi connectivity index (χ0) is 19.9. The van der Waals surface area contributed by atoms with E-state index in [1.807, 2.05) is 12.1 Å². The highest BCUT2D eigenvalue weighted by atomic mass is 35.5. The number of halogens is 1. The van der Waals surface area contributed by atoms with E-state index in [1.54, 1.807) is 0 Å². The van der Waals surface area contributed by atoms with Crippen LogP contribution in [-0.2, 0) is 0 Å². The van der Waals surface area contributed by atoms with E-state index in [9.17, 15) is 0 Å². The quantitative estimate of drug-likeness (QED) is 0.542. The third kappa shape index (κ3) is 3.53. The third-order valence-electron chi connectivity index (χ3n) is 6.42. The van der Waals surface area contributed by atoms with Gasteiger partial charge in [-0.1, -0.05) is 55.2 Å². The number of likely N-dealkylation sites (tertiary alicyclic amines) is 1. The summed E-state index contributed by atoms with van der Waals surface area (Å²) in [7, 11) is 0. The van der Waals surface area contributed by atoms with Crippen LogP contribution in [0.5, 0.6) is 0 Å². The maximum absolute atomic E-state index is 6.67. The number of anilines is 1. The van der Waals surface area contributed by atoms with Crippen LogP contribution in [0.1, 0.15) is 65.7 Å². The molecular weight excluding hydrogens is 386 g/mol. The van der Waals surface area contributed by atoms with E-state index in [2.05, 4.69) is 42.7 Å². The standard InChI is InChI=1S/C23H32ClN3S/c1-22(2,3)25-20-19(26-15-9-10-16-26)23(13-7-4-8-14-23)21(28)27(20)18-12-6-5-11-17(18)24/h5-6,11-12,19H,4,7-10,13-16H2,1-3H3/t19-/m0/s1. The largest absolute Gasteiger partial charge is 0.293 e. The minimum absolute atomic E-state index is 0.0151. The van der Waals surface area contributed by atoms with E-state index in [0.29, 0.717) is 0 Å². The predicted octanol–water partition coefficient (Wildman–Crippen LogP) is 6.10. The highest BCUT2D eigenvalue weighted by molar-refractivity contribution is 7.80. The van der Waals surface area contributed by atoms with Crippen molar-refractivity contribution in [2.75, 3.05) is 18.0 Å². The zero-order valence-corrected chi connectivity index (χ0v) is 19.0. The highest BCUT2D eigenvalue weighted by Gasteiger charge is 2.58. The molecule has 3 fully saturated rings. The van der Waals surface area contributed by atoms with Gasteiger partial charge in [-0.2, -0.15) is 0 Å². The maximum atomic E-state index is 6.67. The SMILES string of the molecule is CC(C)(C)N=C1[C@H](N2CCCC2)C2(CCCCC2)C(=S)N1c1ccccc1Cl. The van der Waals surface area contributed by atoms with E-state index >= 15 is 0 Å². The van der Waals surface area contributed by atoms with E-state index in [-0.39, 0.29) is 17.0 Å². The second kappa shape index (κ2) is 7.70. The molecule has 2 aliphatic heterocycles. The van der Waals surface area contributed by atoms with E-state index < -0.39 is 0 Å². The van der Waals surface area contributed by atoms with Crippen LogP contribution in [0.2, 0.25) is 5.02 Å². The molecule has 1 aliphatic carbocycles. The second-order valence-electron chi connectivity index (χ2n) is 9.60. The lowest BCUT2D eigenvalue weighted by Crippen LogP contribution is -2.50. The molecule has 4 rings (SSSR count). The summed E-state index contributed by atoms with van der Waals surface area (Å²) in [6.07, 6.45) is 8.69. The van der Waals surface area contributed by atoms with Crippen molar-refractivity contribution in [3.63, 3.8) is 0 Å². The Balaban J connectivity index is 1.90. The molecule has 28 heavy (non-hydrogen) atoms. The summed E-state index contributed by atoms with van der Waals surface area (Å²) < 4.78 is 0. The molecule has 1 aromatic rings. The smallest absolute Gasteiger partial charge is 0.128 e. The van der Waals surface area contributed by atoms with Crippen molar-refractivity contribution in [3.8, 4) is 0 Å². The summed E-state index contributed by atoms with van der Waals surface area (Å²) >= 11 is 12.9. The van der Waals surface area contributed by atoms with Crippen molar-refractivity contribution >= 4 is 40.3 Å². The van der Waals surface area contributed by atoms with Crippen molar-refractivity contribution < 1.29 is 0 Å². The van der Waals surface area contributed by atoms with Gasteiger partial charge >= 0.3 is 0 Å². The fourth-order valence-electron chi connectivity index (χ4n) is 5.32. The van der Waals surface area contributed by atoms with Crippen molar-refractivity contribution in [2.45, 2.75) is 77.3 Å². The summed E-state index contributed by atoms with van der Waals surface area (Å²) in [5.74, 6) is 1.12. The van der Waals surface area contributed by atoms with E-state index in [1.165, 1.54) is 32.1 Å². The first kappa shape index (κ1) is 20.3. The Kier molecular flexibility index (Phi) is 5.58. The predicted molar refractivity (Wildman–Crippen MR) is 124 cm³/mol. The van der Waals surface area contributed by atoms with Gasteiger partial charge < -0.3 is 0 Å². The molecule has 152 valence electrons. The van der Waals surface area contributed by atoms with Gasteiger partial charge in [-0.3, -0.25) is 14.8 Å². The molecule has 2 saturated heterocycles. The number of benzene rings is 1. The van der Waals surface area contributed by atoms with Gasteiger partial charge in [0.25, 0.3) is 0 Å². The Bertz CT molecular complexity index is 770. The summed E-state index contributed by atoms with van der Waals surface area (Å²) in [6, 6.07) is 8.37. The van der Waals surface area contributed by atoms with Gasteiger partial charge in [-0.25, -0.2) is 0 Å². The molecule has 1 spiro atoms. The number of amidine groups is 1. The molecule has 3 aliphatic rings. The third-order valence-corrected chi connectivity index (χ3v) is 7.33. The molecule has 2 heterocycles. The van der Waals surface area contributed by atoms with Crippen molar-refractivity contribution in [1.29, 1.82) is 0 Å². The topological polar surface area (TPSA) is 18.8 Å². The number of hydrogen-bond donors (Lipinski definition) is 0. The van der Waals surface area contributed by atoms with Crippen molar-refractivity contribution in [1.82, 2.24) is 4.90 Å². The Morgan fingerprint density at radius 3 is 2.29 bits per heavy atom. The van der Waals surface area contributed by atoms with Gasteiger partial charge in [-0.05, 0) is 71.7 Å². The van der Waals surface area contributed by atoms with Crippen LogP contribution < -0.4 is 4.90 Å². The minimum Gasteiger partial charge on any atom is -0.293 e. The molecule has 1 aromatic carbocycles. The summed E-state index contributed by atoms with van der Waals surface area (Å²) in [4.78, 5) is 11.2. The van der Waals surface area contributed by atoms with Crippen molar-refractivity contribution in [2.24, 2.45) is 10.4 Å². The lowest BCUT2D eigenvalue weighted by molar-refractivity contribution is 0.154. The van der Waals surface area contributed by atoms with Crippen LogP contribution in [0.3, 0.4) is 0 Å². The summed E-state index contributed by atoms with van der Waals surface area (Å²) in [5, 5.41) is 0.750. The number of hydrogen-bond acceptors (Lipinski definition) is 3. The number of nitrogens with zero attached hydrogens (tertiary/aromatic N) is 3. The van der Waals surface area contributed by atoms with Crippen LogP contribution >= 0.6 is 23.8 Å². The molecule has 0 radical (unpaired) electrons. The van der Waals surface area contributed by atoms with Crippen LogP contribution in [0.4, 0.5) is 5.69 Å². The molecule has 3 nitrogen and oxygen atoms in total. The van der Waals surface area contributed by atoms with Crippen LogP contribution in [0.25, 0.3) is 0 Å². The number of rotatable bonds is 2. The molecule has 1 atom stereocenters. The van der Waals surface area contributed by atoms with E-state index in [4.69, 9.17) is 28.8 Å². The summed E-state index contributed by atoms with van der Waals surface area (Å²) in [6.45, 7) is 8.84. The molecule has 0 unspecified atom stereocenters. The molecule has 0 aromatic heterocycles. The van der Waals surface area contributed by atoms with Crippen LogP contribution in [0, 0.1) is 5.41 Å². The van der Waals surface area contributed by atoms with Gasteiger partial charge in [0.05, 0.1) is 27.3 Å². The second-order valence-corrected chi connectivity index (χ2v) is 10.4. The van der Waals surface area contributed by atoms with Gasteiger partial charge in [0.1, 0.15) is 5.84 Å². The molecule has 0 bridgehead atoms. The minimum atomic E-state index is -0.164. The monoisotopic (exact) mass is 417 g/mol. The number of thiocarbonyl (C=S) groups is 1. The molecule has 1 saturated carbocycles. The Morgan fingerprint density at radius 1 is 1.04 bits per heavy atom. The van der Waals surface area contributed by atoms with Crippen LogP contribution in [0.15, 0.2) is 29.3 Å². The number of aliphatic imine (C=N–C) groups is 1. The fraction of sp³-hybridized carbons (Fsp3) is 0.652. The lowest BCUT2D eigenvalue weighted by atomic mass is 9.70. The maximum Gasteiger partial charge on any atom is 0.128 e. The molecule has 5 heteroatoms. The normalized spacial score (nSPS) is 27.3. The first-order chi connectivity index (χ1) is 13.3. The Hall–Kier alpha value is -0.970. The van der Waals surface area contributed by atoms with Gasteiger partial charge in [0, 0.05) is 5.41 Å². The van der Waals surface area contributed by atoms with Gasteiger partial charge in [0.15, 0.2) is 0 Å². The fourth-order valence-corrected chi connectivity index (χ4v) is 6.04. The lowest BCUT2D eigenvalue weighted by Gasteiger charge is -2.41. The Morgan fingerprint density at radius 2 is 1.68 bits per heavy atom. The highest BCUT2D eigenvalue weighted by Crippen LogP contribution is 2.51. The zero-order valence-electron chi connectivity index (χ0n) is 17.4. The van der Waals surface area contributed by atoms with E-state index in [0.717, 1.165) is 47.5 Å². The first-order valence-corrected chi connectivity index (χ1v) is 11.5. The molecule has 0 N–H and O–H groups in total. The van der Waals surface area contributed by atoms with Gasteiger partial charge in [0.2, 0.25) is 0 Å². The average Bonchev–Trinajstić information content (AvgIpc) is 3.23. The number of para-hydroxylation sites is 1. The molecule has 0 amide bonds. The van der Waals surface area contributed by atoms with Crippen molar-refractivity contribution in [3.05, 3.63) is 29.3 Å². The molecular formula is C23H32ClN3S. The summed E-state index contributed by atoms with van der Waals surface area (Å²) in [5.41, 5.74) is 0.841.